The third-order valence-electron chi connectivity index (χ3n) is 5.78. The van der Waals surface area contributed by atoms with Gasteiger partial charge < -0.3 is 10.2 Å². The van der Waals surface area contributed by atoms with Crippen molar-refractivity contribution < 1.29 is 4.84 Å². The van der Waals surface area contributed by atoms with E-state index in [1.807, 2.05) is 84.1 Å². The van der Waals surface area contributed by atoms with Gasteiger partial charge >= 0.3 is 0 Å². The molecule has 0 amide bonds. The van der Waals surface area contributed by atoms with Crippen molar-refractivity contribution >= 4 is 45.5 Å². The molecule has 0 bridgehead atoms. The second kappa shape index (κ2) is 7.86. The molecule has 0 saturated heterocycles. The molecule has 2 aromatic heterocycles. The highest BCUT2D eigenvalue weighted by atomic mass is 35.5. The zero-order chi connectivity index (χ0) is 22.4. The lowest BCUT2D eigenvalue weighted by Gasteiger charge is -2.10. The summed E-state index contributed by atoms with van der Waals surface area (Å²) >= 11 is 5.99. The average molecular weight is 455 g/mol. The Kier molecular flexibility index (Phi) is 4.69. The SMILES string of the molecule is Cc1nnc2c(Nc3ccc(C4=NOC(c5ccc(Cl)cc5)C4)cc3)nc3ccccc3n12. The third kappa shape index (κ3) is 3.56. The number of hydrogen-bond donors (Lipinski definition) is 1. The van der Waals surface area contributed by atoms with Crippen molar-refractivity contribution in [3.63, 3.8) is 0 Å². The topological polar surface area (TPSA) is 76.7 Å². The lowest BCUT2D eigenvalue weighted by atomic mass is 10.0. The summed E-state index contributed by atoms with van der Waals surface area (Å²) < 4.78 is 2.01. The number of oxime groups is 1. The minimum absolute atomic E-state index is 0.0960. The summed E-state index contributed by atoms with van der Waals surface area (Å²) in [5, 5.41) is 17.0. The van der Waals surface area contributed by atoms with E-state index in [1.165, 1.54) is 0 Å². The molecule has 1 atom stereocenters. The molecule has 5 aromatic rings. The summed E-state index contributed by atoms with van der Waals surface area (Å²) in [5.74, 6) is 1.47. The van der Waals surface area contributed by atoms with Gasteiger partial charge in [-0.1, -0.05) is 53.2 Å². The van der Waals surface area contributed by atoms with E-state index in [-0.39, 0.29) is 6.10 Å². The maximum absolute atomic E-state index is 5.99. The number of aromatic nitrogens is 4. The van der Waals surface area contributed by atoms with Crippen LogP contribution in [0.2, 0.25) is 5.02 Å². The molecule has 33 heavy (non-hydrogen) atoms. The van der Waals surface area contributed by atoms with Crippen molar-refractivity contribution in [2.24, 2.45) is 5.16 Å². The van der Waals surface area contributed by atoms with Crippen LogP contribution >= 0.6 is 11.6 Å². The summed E-state index contributed by atoms with van der Waals surface area (Å²) in [6.45, 7) is 1.94. The van der Waals surface area contributed by atoms with E-state index >= 15 is 0 Å². The first-order valence-electron chi connectivity index (χ1n) is 10.6. The van der Waals surface area contributed by atoms with E-state index in [1.54, 1.807) is 0 Å². The Morgan fingerprint density at radius 1 is 0.970 bits per heavy atom. The van der Waals surface area contributed by atoms with Gasteiger partial charge in [-0.2, -0.15) is 0 Å². The monoisotopic (exact) mass is 454 g/mol. The van der Waals surface area contributed by atoms with Crippen molar-refractivity contribution in [2.75, 3.05) is 5.32 Å². The van der Waals surface area contributed by atoms with Crippen molar-refractivity contribution in [3.8, 4) is 0 Å². The van der Waals surface area contributed by atoms with Crippen LogP contribution in [0, 0.1) is 6.92 Å². The number of hydrogen-bond acceptors (Lipinski definition) is 6. The normalized spacial score (nSPS) is 15.6. The van der Waals surface area contributed by atoms with Gasteiger partial charge in [-0.05, 0) is 54.4 Å². The zero-order valence-corrected chi connectivity index (χ0v) is 18.5. The molecule has 6 rings (SSSR count). The quantitative estimate of drug-likeness (QED) is 0.368. The fraction of sp³-hybridized carbons (Fsp3) is 0.120. The minimum Gasteiger partial charge on any atom is -0.387 e. The summed E-state index contributed by atoms with van der Waals surface area (Å²) in [6.07, 6.45) is 0.613. The van der Waals surface area contributed by atoms with Crippen LogP contribution in [-0.4, -0.2) is 25.3 Å². The van der Waals surface area contributed by atoms with E-state index in [2.05, 4.69) is 20.7 Å². The Hall–Kier alpha value is -3.97. The van der Waals surface area contributed by atoms with Gasteiger partial charge in [0.2, 0.25) is 5.65 Å². The first kappa shape index (κ1) is 19.7. The Labute approximate surface area is 194 Å². The number of halogens is 1. The van der Waals surface area contributed by atoms with Crippen LogP contribution in [0.3, 0.4) is 0 Å². The van der Waals surface area contributed by atoms with Crippen LogP contribution in [0.5, 0.6) is 0 Å². The molecule has 0 radical (unpaired) electrons. The van der Waals surface area contributed by atoms with Gasteiger partial charge in [-0.25, -0.2) is 4.98 Å². The van der Waals surface area contributed by atoms with E-state index < -0.39 is 0 Å². The predicted molar refractivity (Wildman–Crippen MR) is 129 cm³/mol. The van der Waals surface area contributed by atoms with E-state index in [0.717, 1.165) is 39.4 Å². The molecule has 0 spiro atoms. The summed E-state index contributed by atoms with van der Waals surface area (Å²) in [7, 11) is 0. The summed E-state index contributed by atoms with van der Waals surface area (Å²) in [4.78, 5) is 10.4. The highest BCUT2D eigenvalue weighted by Gasteiger charge is 2.24. The van der Waals surface area contributed by atoms with Crippen molar-refractivity contribution in [1.29, 1.82) is 0 Å². The molecule has 3 aromatic carbocycles. The van der Waals surface area contributed by atoms with Gasteiger partial charge in [0, 0.05) is 17.1 Å². The fourth-order valence-corrected chi connectivity index (χ4v) is 4.22. The highest BCUT2D eigenvalue weighted by molar-refractivity contribution is 6.30. The molecule has 1 unspecified atom stereocenters. The van der Waals surface area contributed by atoms with E-state index in [9.17, 15) is 0 Å². The van der Waals surface area contributed by atoms with Crippen molar-refractivity contribution in [2.45, 2.75) is 19.4 Å². The largest absolute Gasteiger partial charge is 0.387 e. The molecule has 1 aliphatic rings. The molecular formula is C25H19ClN6O. The Bertz CT molecular complexity index is 1510. The lowest BCUT2D eigenvalue weighted by molar-refractivity contribution is 0.0857. The van der Waals surface area contributed by atoms with Gasteiger partial charge in [-0.15, -0.1) is 10.2 Å². The van der Waals surface area contributed by atoms with Gasteiger partial charge in [-0.3, -0.25) is 4.40 Å². The number of rotatable bonds is 4. The number of nitrogens with zero attached hydrogens (tertiary/aromatic N) is 5. The standard InChI is InChI=1S/C25H19ClN6O/c1-15-29-30-25-24(28-20-4-2-3-5-22(20)32(15)25)27-19-12-8-16(9-13-19)21-14-23(33-31-21)17-6-10-18(26)11-7-17/h2-13,23H,14H2,1H3,(H,27,28). The second-order valence-electron chi connectivity index (χ2n) is 7.95. The summed E-state index contributed by atoms with van der Waals surface area (Å²) in [5.41, 5.74) is 6.44. The highest BCUT2D eigenvalue weighted by Crippen LogP contribution is 2.31. The van der Waals surface area contributed by atoms with Crippen molar-refractivity contribution in [3.05, 3.63) is 94.8 Å². The first-order valence-corrected chi connectivity index (χ1v) is 11.0. The Morgan fingerprint density at radius 3 is 2.58 bits per heavy atom. The van der Waals surface area contributed by atoms with Crippen LogP contribution in [0.15, 0.2) is 78.0 Å². The van der Waals surface area contributed by atoms with Gasteiger partial charge in [0.25, 0.3) is 0 Å². The number of fused-ring (bicyclic) bond motifs is 3. The number of aryl methyl sites for hydroxylation is 1. The van der Waals surface area contributed by atoms with Gasteiger partial charge in [0.15, 0.2) is 11.9 Å². The van der Waals surface area contributed by atoms with Crippen LogP contribution in [0.25, 0.3) is 16.7 Å². The number of anilines is 2. The zero-order valence-electron chi connectivity index (χ0n) is 17.7. The predicted octanol–water partition coefficient (Wildman–Crippen LogP) is 5.85. The fourth-order valence-electron chi connectivity index (χ4n) is 4.09. The molecule has 8 heteroatoms. The molecule has 0 aliphatic carbocycles. The van der Waals surface area contributed by atoms with Crippen LogP contribution < -0.4 is 5.32 Å². The molecule has 3 heterocycles. The first-order chi connectivity index (χ1) is 16.2. The molecular weight excluding hydrogens is 436 g/mol. The molecule has 162 valence electrons. The maximum Gasteiger partial charge on any atom is 0.204 e. The second-order valence-corrected chi connectivity index (χ2v) is 8.38. The van der Waals surface area contributed by atoms with Gasteiger partial charge in [0.1, 0.15) is 5.82 Å². The van der Waals surface area contributed by atoms with Crippen molar-refractivity contribution in [1.82, 2.24) is 19.6 Å². The molecule has 0 fully saturated rings. The molecule has 1 aliphatic heterocycles. The van der Waals surface area contributed by atoms with Crippen LogP contribution in [-0.2, 0) is 4.84 Å². The van der Waals surface area contributed by atoms with Gasteiger partial charge in [0.05, 0.1) is 16.7 Å². The number of benzene rings is 3. The van der Waals surface area contributed by atoms with E-state index in [4.69, 9.17) is 21.4 Å². The van der Waals surface area contributed by atoms with E-state index in [0.29, 0.717) is 22.9 Å². The Morgan fingerprint density at radius 2 is 1.76 bits per heavy atom. The average Bonchev–Trinajstić information content (AvgIpc) is 3.48. The third-order valence-corrected chi connectivity index (χ3v) is 6.04. The number of nitrogens with one attached hydrogen (secondary N) is 1. The molecule has 0 saturated carbocycles. The maximum atomic E-state index is 5.99. The minimum atomic E-state index is -0.0960. The lowest BCUT2D eigenvalue weighted by Crippen LogP contribution is -2.03. The van der Waals surface area contributed by atoms with Crippen LogP contribution in [0.4, 0.5) is 11.5 Å². The molecule has 7 nitrogen and oxygen atoms in total. The summed E-state index contributed by atoms with van der Waals surface area (Å²) in [6, 6.07) is 23.7. The Balaban J connectivity index is 1.24. The molecule has 1 N–H and O–H groups in total. The van der Waals surface area contributed by atoms with Crippen LogP contribution in [0.1, 0.15) is 29.5 Å². The smallest absolute Gasteiger partial charge is 0.204 e. The number of para-hydroxylation sites is 2.